The summed E-state index contributed by atoms with van der Waals surface area (Å²) >= 11 is 0. The van der Waals surface area contributed by atoms with Crippen LogP contribution in [0.2, 0.25) is 0 Å². The first-order valence-electron chi connectivity index (χ1n) is 15.5. The Balaban J connectivity index is 1.18. The van der Waals surface area contributed by atoms with Crippen molar-refractivity contribution in [1.82, 2.24) is 4.90 Å². The van der Waals surface area contributed by atoms with Crippen molar-refractivity contribution in [3.05, 3.63) is 118 Å². The number of hydrogen-bond donors (Lipinski definition) is 2. The minimum absolute atomic E-state index is 0.00677. The predicted octanol–water partition coefficient (Wildman–Crippen LogP) is 5.51. The molecule has 4 amide bonds. The highest BCUT2D eigenvalue weighted by atomic mass is 16.5. The lowest BCUT2D eigenvalue weighted by molar-refractivity contribution is -0.114. The van der Waals surface area contributed by atoms with E-state index in [-0.39, 0.29) is 42.3 Å². The molecule has 10 nitrogen and oxygen atoms in total. The zero-order chi connectivity index (χ0) is 33.2. The van der Waals surface area contributed by atoms with E-state index in [1.165, 1.54) is 17.7 Å². The van der Waals surface area contributed by atoms with Crippen molar-refractivity contribution >= 4 is 35.0 Å². The lowest BCUT2D eigenvalue weighted by atomic mass is 10.0. The topological polar surface area (TPSA) is 131 Å². The summed E-state index contributed by atoms with van der Waals surface area (Å²) in [4.78, 5) is 54.8. The Hall–Kier alpha value is -5.48. The molecule has 10 heteroatoms. The molecule has 6 rings (SSSR count). The molecule has 0 saturated heterocycles. The normalized spacial score (nSPS) is 15.8. The molecular weight excluding hydrogens is 596 g/mol. The number of fused-ring (bicyclic) bond motifs is 2. The molecular formula is C37H36N4O6. The highest BCUT2D eigenvalue weighted by Gasteiger charge is 2.38. The van der Waals surface area contributed by atoms with Crippen LogP contribution in [0, 0.1) is 0 Å². The minimum atomic E-state index is -0.473. The molecule has 3 N–H and O–H groups in total. The average Bonchev–Trinajstić information content (AvgIpc) is 3.47. The SMILES string of the molecule is COc1ccc(N2C(=O)c3cc(CN4C(=O)c5ccc(NC(=O)CN)cc5C4=O)ccc3C2C)cc1OC(C)CCc1ccccc1. The molecule has 2 aliphatic heterocycles. The maximum atomic E-state index is 13.9. The van der Waals surface area contributed by atoms with Gasteiger partial charge in [0.2, 0.25) is 5.91 Å². The number of hydrogen-bond acceptors (Lipinski definition) is 7. The summed E-state index contributed by atoms with van der Waals surface area (Å²) in [5.41, 5.74) is 10.1. The van der Waals surface area contributed by atoms with Crippen molar-refractivity contribution in [2.75, 3.05) is 23.9 Å². The quantitative estimate of drug-likeness (QED) is 0.209. The van der Waals surface area contributed by atoms with Gasteiger partial charge in [-0.25, -0.2) is 0 Å². The minimum Gasteiger partial charge on any atom is -0.493 e. The third kappa shape index (κ3) is 6.19. The zero-order valence-electron chi connectivity index (χ0n) is 26.5. The molecule has 0 spiro atoms. The number of aryl methyl sites for hydroxylation is 1. The van der Waals surface area contributed by atoms with E-state index in [4.69, 9.17) is 15.2 Å². The number of ether oxygens (including phenoxy) is 2. The number of nitrogens with two attached hydrogens (primary N) is 1. The Morgan fingerprint density at radius 2 is 1.62 bits per heavy atom. The fourth-order valence-electron chi connectivity index (χ4n) is 6.14. The molecule has 240 valence electrons. The van der Waals surface area contributed by atoms with Crippen molar-refractivity contribution in [3.8, 4) is 11.5 Å². The van der Waals surface area contributed by atoms with Crippen molar-refractivity contribution in [2.24, 2.45) is 5.73 Å². The molecule has 0 saturated carbocycles. The number of nitrogens with one attached hydrogen (secondary N) is 1. The Labute approximate surface area is 273 Å². The number of carbonyl (C=O) groups is 4. The van der Waals surface area contributed by atoms with E-state index >= 15 is 0 Å². The first-order valence-corrected chi connectivity index (χ1v) is 15.5. The van der Waals surface area contributed by atoms with E-state index < -0.39 is 17.7 Å². The van der Waals surface area contributed by atoms with Crippen LogP contribution >= 0.6 is 0 Å². The van der Waals surface area contributed by atoms with E-state index in [0.29, 0.717) is 34.0 Å². The van der Waals surface area contributed by atoms with E-state index in [1.54, 1.807) is 30.2 Å². The maximum absolute atomic E-state index is 13.9. The van der Waals surface area contributed by atoms with Gasteiger partial charge in [-0.2, -0.15) is 0 Å². The lowest BCUT2D eigenvalue weighted by Crippen LogP contribution is -2.29. The second-order valence-electron chi connectivity index (χ2n) is 11.8. The van der Waals surface area contributed by atoms with Gasteiger partial charge < -0.3 is 25.4 Å². The van der Waals surface area contributed by atoms with Crippen LogP contribution in [0.25, 0.3) is 0 Å². The number of anilines is 2. The lowest BCUT2D eigenvalue weighted by Gasteiger charge is -2.24. The van der Waals surface area contributed by atoms with Gasteiger partial charge in [0, 0.05) is 23.0 Å². The summed E-state index contributed by atoms with van der Waals surface area (Å²) in [7, 11) is 1.59. The number of amides is 4. The van der Waals surface area contributed by atoms with Crippen LogP contribution in [0.3, 0.4) is 0 Å². The predicted molar refractivity (Wildman–Crippen MR) is 178 cm³/mol. The summed E-state index contributed by atoms with van der Waals surface area (Å²) in [6.45, 7) is 3.77. The Kier molecular flexibility index (Phi) is 8.78. The van der Waals surface area contributed by atoms with Gasteiger partial charge in [0.15, 0.2) is 11.5 Å². The number of methoxy groups -OCH3 is 1. The first kappa shape index (κ1) is 31.5. The summed E-state index contributed by atoms with van der Waals surface area (Å²) in [5.74, 6) is -0.374. The summed E-state index contributed by atoms with van der Waals surface area (Å²) in [5, 5.41) is 2.60. The van der Waals surface area contributed by atoms with E-state index in [2.05, 4.69) is 17.4 Å². The van der Waals surface area contributed by atoms with E-state index in [9.17, 15) is 19.2 Å². The van der Waals surface area contributed by atoms with Gasteiger partial charge in [-0.3, -0.25) is 24.1 Å². The molecule has 2 unspecified atom stereocenters. The van der Waals surface area contributed by atoms with Gasteiger partial charge >= 0.3 is 0 Å². The van der Waals surface area contributed by atoms with Crippen LogP contribution in [-0.4, -0.2) is 48.3 Å². The fourth-order valence-corrected chi connectivity index (χ4v) is 6.14. The molecule has 0 radical (unpaired) electrons. The van der Waals surface area contributed by atoms with E-state index in [0.717, 1.165) is 23.3 Å². The van der Waals surface area contributed by atoms with Crippen LogP contribution in [0.15, 0.2) is 84.9 Å². The molecule has 0 aliphatic carbocycles. The standard InChI is InChI=1S/C37H36N4O6/c1-22(9-10-24-7-5-4-6-8-24)47-33-19-27(13-16-32(33)46-3)41-23(2)28-14-11-25(17-30(28)37(41)45)21-40-35(43)29-15-12-26(39-34(42)20-38)18-31(29)36(40)44/h4-8,11-19,22-23H,9-10,20-21,38H2,1-3H3,(H,39,42). The van der Waals surface area contributed by atoms with Gasteiger partial charge in [0.1, 0.15) is 0 Å². The molecule has 0 aromatic heterocycles. The Bertz CT molecular complexity index is 1870. The summed E-state index contributed by atoms with van der Waals surface area (Å²) in [6.07, 6.45) is 1.59. The van der Waals surface area contributed by atoms with Gasteiger partial charge in [-0.05, 0) is 79.8 Å². The highest BCUT2D eigenvalue weighted by Crippen LogP contribution is 2.41. The smallest absolute Gasteiger partial charge is 0.261 e. The number of imide groups is 1. The van der Waals surface area contributed by atoms with Crippen LogP contribution in [0.5, 0.6) is 11.5 Å². The number of benzene rings is 4. The molecule has 2 atom stereocenters. The van der Waals surface area contributed by atoms with Gasteiger partial charge in [0.25, 0.3) is 17.7 Å². The van der Waals surface area contributed by atoms with Crippen molar-refractivity contribution in [3.63, 3.8) is 0 Å². The van der Waals surface area contributed by atoms with Gasteiger partial charge in [-0.15, -0.1) is 0 Å². The van der Waals surface area contributed by atoms with Crippen molar-refractivity contribution in [1.29, 1.82) is 0 Å². The third-order valence-electron chi connectivity index (χ3n) is 8.62. The van der Waals surface area contributed by atoms with Crippen LogP contribution in [0.4, 0.5) is 11.4 Å². The third-order valence-corrected chi connectivity index (χ3v) is 8.62. The highest BCUT2D eigenvalue weighted by molar-refractivity contribution is 6.22. The van der Waals surface area contributed by atoms with E-state index in [1.807, 2.05) is 56.3 Å². The second-order valence-corrected chi connectivity index (χ2v) is 11.8. The first-order chi connectivity index (χ1) is 22.7. The Morgan fingerprint density at radius 3 is 2.36 bits per heavy atom. The molecule has 0 bridgehead atoms. The Morgan fingerprint density at radius 1 is 0.851 bits per heavy atom. The van der Waals surface area contributed by atoms with Crippen molar-refractivity contribution in [2.45, 2.75) is 45.4 Å². The second kappa shape index (κ2) is 13.1. The molecule has 4 aromatic carbocycles. The zero-order valence-corrected chi connectivity index (χ0v) is 26.5. The van der Waals surface area contributed by atoms with Gasteiger partial charge in [-0.1, -0.05) is 42.5 Å². The monoisotopic (exact) mass is 632 g/mol. The summed E-state index contributed by atoms with van der Waals surface area (Å²) in [6, 6.07) is 25.5. The fraction of sp³-hybridized carbons (Fsp3) is 0.243. The number of carbonyl (C=O) groups excluding carboxylic acids is 4. The van der Waals surface area contributed by atoms with Crippen LogP contribution in [0.1, 0.15) is 74.1 Å². The number of nitrogens with zero attached hydrogens (tertiary/aromatic N) is 2. The number of rotatable bonds is 11. The average molecular weight is 633 g/mol. The molecule has 4 aromatic rings. The molecule has 2 aliphatic rings. The van der Waals surface area contributed by atoms with Crippen molar-refractivity contribution < 1.29 is 28.7 Å². The van der Waals surface area contributed by atoms with Gasteiger partial charge in [0.05, 0.1) is 43.5 Å². The van der Waals surface area contributed by atoms with Crippen LogP contribution < -0.4 is 25.4 Å². The van der Waals surface area contributed by atoms with Crippen LogP contribution in [-0.2, 0) is 17.8 Å². The maximum Gasteiger partial charge on any atom is 0.261 e. The molecule has 47 heavy (non-hydrogen) atoms. The largest absolute Gasteiger partial charge is 0.493 e. The summed E-state index contributed by atoms with van der Waals surface area (Å²) < 4.78 is 11.9. The molecule has 2 heterocycles. The molecule has 0 fully saturated rings.